The van der Waals surface area contributed by atoms with Gasteiger partial charge >= 0.3 is 5.97 Å². The minimum atomic E-state index is -2.88. The quantitative estimate of drug-likeness (QED) is 0.128. The molecule has 2 unspecified atom stereocenters. The molecule has 60 heavy (non-hydrogen) atoms. The summed E-state index contributed by atoms with van der Waals surface area (Å²) in [5, 5.41) is 24.5. The molecule has 4 saturated carbocycles. The molecule has 2 heterocycles. The van der Waals surface area contributed by atoms with Crippen LogP contribution in [0.25, 0.3) is 0 Å². The number of carboxylic acid groups (broad SMARTS) is 1. The molecule has 0 bridgehead atoms. The minimum Gasteiger partial charge on any atom is -0.481 e. The molecule has 0 radical (unpaired) electrons. The van der Waals surface area contributed by atoms with Gasteiger partial charge in [0, 0.05) is 37.8 Å². The lowest BCUT2D eigenvalue weighted by Crippen LogP contribution is -2.68. The van der Waals surface area contributed by atoms with Gasteiger partial charge in [0.05, 0.1) is 17.2 Å². The van der Waals surface area contributed by atoms with Crippen LogP contribution in [0, 0.1) is 56.7 Å². The number of aliphatic carboxylic acids is 1. The minimum absolute atomic E-state index is 0.00437. The number of hydrogen-bond donors (Lipinski definition) is 4. The molecule has 10 nitrogen and oxygen atoms in total. The first-order chi connectivity index (χ1) is 28.2. The molecule has 1 aliphatic heterocycles. The number of nitrogens with two attached hydrogens (primary N) is 1. The van der Waals surface area contributed by atoms with Gasteiger partial charge in [-0.3, -0.25) is 4.79 Å². The molecular weight excluding hydrogens is 773 g/mol. The van der Waals surface area contributed by atoms with Crippen molar-refractivity contribution < 1.29 is 28.2 Å². The number of allylic oxidation sites excluding steroid dienone is 5. The number of nitrogens with one attached hydrogen (secondary N) is 1. The maximum absolute atomic E-state index is 12.8. The highest BCUT2D eigenvalue weighted by atomic mass is 32.2. The van der Waals surface area contributed by atoms with E-state index < -0.39 is 27.4 Å². The lowest BCUT2D eigenvalue weighted by molar-refractivity contribution is -0.221. The number of aromatic nitrogens is 1. The summed E-state index contributed by atoms with van der Waals surface area (Å²) >= 11 is 0. The fourth-order valence-corrected chi connectivity index (χ4v) is 16.7. The first-order valence-electron chi connectivity index (χ1n) is 23.2. The number of sulfone groups is 1. The Morgan fingerprint density at radius 2 is 1.73 bits per heavy atom. The third kappa shape index (κ3) is 7.16. The third-order valence-electron chi connectivity index (χ3n) is 18.9. The van der Waals surface area contributed by atoms with E-state index in [1.165, 1.54) is 68.1 Å². The summed E-state index contributed by atoms with van der Waals surface area (Å²) in [6, 6.07) is 5.00. The van der Waals surface area contributed by atoms with Gasteiger partial charge in [0.15, 0.2) is 9.84 Å². The van der Waals surface area contributed by atoms with E-state index in [9.17, 15) is 23.4 Å². The highest BCUT2D eigenvalue weighted by Gasteiger charge is 2.70. The highest BCUT2D eigenvalue weighted by Crippen LogP contribution is 2.76. The molecule has 11 heteroatoms. The zero-order chi connectivity index (χ0) is 43.1. The van der Waals surface area contributed by atoms with Crippen LogP contribution in [0.3, 0.4) is 0 Å². The number of aliphatic hydroxyl groups is 1. The van der Waals surface area contributed by atoms with Gasteiger partial charge in [-0.05, 0) is 152 Å². The van der Waals surface area contributed by atoms with Crippen molar-refractivity contribution >= 4 is 15.8 Å². The number of pyridine rings is 1. The van der Waals surface area contributed by atoms with Crippen molar-refractivity contribution in [2.75, 3.05) is 44.3 Å². The second kappa shape index (κ2) is 15.6. The van der Waals surface area contributed by atoms with Crippen molar-refractivity contribution in [3.8, 4) is 5.88 Å². The van der Waals surface area contributed by atoms with Gasteiger partial charge in [-0.2, -0.15) is 0 Å². The van der Waals surface area contributed by atoms with Crippen LogP contribution >= 0.6 is 0 Å². The highest BCUT2D eigenvalue weighted by molar-refractivity contribution is 7.91. The zero-order valence-corrected chi connectivity index (χ0v) is 38.2. The van der Waals surface area contributed by atoms with E-state index in [2.05, 4.69) is 75.5 Å². The molecule has 1 saturated heterocycles. The summed E-state index contributed by atoms with van der Waals surface area (Å²) in [4.78, 5) is 19.4. The Hall–Kier alpha value is -2.57. The van der Waals surface area contributed by atoms with Gasteiger partial charge in [0.25, 0.3) is 0 Å². The van der Waals surface area contributed by atoms with E-state index in [-0.39, 0.29) is 56.9 Å². The number of rotatable bonds is 11. The first-order valence-corrected chi connectivity index (χ1v) is 25.0. The maximum atomic E-state index is 12.8. The number of nitrogens with zero attached hydrogens (tertiary/aromatic N) is 2. The van der Waals surface area contributed by atoms with Crippen molar-refractivity contribution in [1.29, 1.82) is 0 Å². The fourth-order valence-electron chi connectivity index (χ4n) is 15.5. The summed E-state index contributed by atoms with van der Waals surface area (Å²) in [6.45, 7) is 23.0. The van der Waals surface area contributed by atoms with Crippen LogP contribution in [-0.4, -0.2) is 84.3 Å². The summed E-state index contributed by atoms with van der Waals surface area (Å²) in [7, 11) is -2.88. The molecule has 7 aliphatic rings. The van der Waals surface area contributed by atoms with Gasteiger partial charge in [0.1, 0.15) is 18.2 Å². The zero-order valence-electron chi connectivity index (χ0n) is 37.4. The monoisotopic (exact) mass is 847 g/mol. The van der Waals surface area contributed by atoms with E-state index in [1.54, 1.807) is 18.2 Å². The molecule has 0 aromatic carbocycles. The van der Waals surface area contributed by atoms with E-state index >= 15 is 0 Å². The lowest BCUT2D eigenvalue weighted by atomic mass is 9.33. The SMILES string of the molecule is C=C(C)[C@@H]1CC[C@]2(NCCN3CCS(=O)(=O)CC3)CC[C@]3(C)[C@H](CC[C@@H]4[C@@]5(C)CC=C(C6=CCC(COc7cccc(C(N)O)n7)(C(=O)O)CC6)C(C)(C)[C@@H]5CC[C@]43C)[C@@H]12. The number of carboxylic acids is 1. The second-order valence-corrected chi connectivity index (χ2v) is 24.3. The Kier molecular flexibility index (Phi) is 11.5. The Morgan fingerprint density at radius 3 is 2.40 bits per heavy atom. The van der Waals surface area contributed by atoms with Crippen LogP contribution in [0.1, 0.15) is 131 Å². The molecular formula is C49H74N4O6S. The average Bonchev–Trinajstić information content (AvgIpc) is 3.58. The topological polar surface area (TPSA) is 155 Å². The van der Waals surface area contributed by atoms with E-state index in [0.29, 0.717) is 61.9 Å². The standard InChI is InChI=1S/C49H74N4O6S/c1-32(2)34-15-22-49(51-25-26-53-27-29-60(57,58)30-28-53)24-23-46(6)36(41(34)49)11-12-39-45(5)18-16-35(44(3,4)38(45)17-19-47(39,46)7)33-13-20-48(21-14-33,43(55)56)31-59-40-10-8-9-37(52-40)42(50)54/h8-10,13,16,34,36,38-39,41-42,51,54H,1,11-12,14-15,17-31,50H2,2-7H3,(H,55,56)/t34-,36+,38-,39+,41+,42?,45-,46+,47+,48?,49-/m0/s1. The van der Waals surface area contributed by atoms with Gasteiger partial charge in [-0.15, -0.1) is 0 Å². The van der Waals surface area contributed by atoms with E-state index in [1.807, 2.05) is 0 Å². The predicted molar refractivity (Wildman–Crippen MR) is 237 cm³/mol. The Labute approximate surface area is 360 Å². The number of hydrogen-bond acceptors (Lipinski definition) is 9. The Balaban J connectivity index is 0.998. The first kappa shape index (κ1) is 44.1. The smallest absolute Gasteiger partial charge is 0.313 e. The van der Waals surface area contributed by atoms with Crippen molar-refractivity contribution in [2.45, 2.75) is 130 Å². The second-order valence-electron chi connectivity index (χ2n) is 22.0. The van der Waals surface area contributed by atoms with Crippen LogP contribution in [0.2, 0.25) is 0 Å². The lowest BCUT2D eigenvalue weighted by Gasteiger charge is -2.72. The Morgan fingerprint density at radius 1 is 0.983 bits per heavy atom. The van der Waals surface area contributed by atoms with Gasteiger partial charge < -0.3 is 30.9 Å². The van der Waals surface area contributed by atoms with Crippen molar-refractivity contribution in [1.82, 2.24) is 15.2 Å². The van der Waals surface area contributed by atoms with Crippen LogP contribution in [0.5, 0.6) is 5.88 Å². The molecule has 332 valence electrons. The fraction of sp³-hybridized carbons (Fsp3) is 0.755. The predicted octanol–water partition coefficient (Wildman–Crippen LogP) is 7.86. The third-order valence-corrected chi connectivity index (χ3v) is 20.6. The summed E-state index contributed by atoms with van der Waals surface area (Å²) in [5.74, 6) is 2.92. The molecule has 8 rings (SSSR count). The van der Waals surface area contributed by atoms with Gasteiger partial charge in [0.2, 0.25) is 5.88 Å². The summed E-state index contributed by atoms with van der Waals surface area (Å²) in [6.07, 6.45) is 16.1. The molecule has 5 fully saturated rings. The van der Waals surface area contributed by atoms with Crippen molar-refractivity contribution in [2.24, 2.45) is 62.4 Å². The van der Waals surface area contributed by atoms with Crippen LogP contribution in [0.4, 0.5) is 0 Å². The van der Waals surface area contributed by atoms with E-state index in [0.717, 1.165) is 19.5 Å². The van der Waals surface area contributed by atoms with Gasteiger partial charge in [-0.25, -0.2) is 13.4 Å². The molecule has 6 aliphatic carbocycles. The number of aliphatic hydroxyl groups excluding tert-OH is 1. The average molecular weight is 847 g/mol. The maximum Gasteiger partial charge on any atom is 0.313 e. The van der Waals surface area contributed by atoms with Crippen molar-refractivity contribution in [3.05, 3.63) is 59.3 Å². The Bertz CT molecular complexity index is 2020. The van der Waals surface area contributed by atoms with E-state index in [4.69, 9.17) is 10.5 Å². The molecule has 5 N–H and O–H groups in total. The number of fused-ring (bicyclic) bond motifs is 7. The van der Waals surface area contributed by atoms with Crippen LogP contribution < -0.4 is 15.8 Å². The molecule has 1 aromatic heterocycles. The summed E-state index contributed by atoms with van der Waals surface area (Å²) in [5.41, 5.74) is 9.67. The molecule has 0 spiro atoms. The molecule has 11 atom stereocenters. The van der Waals surface area contributed by atoms with Gasteiger partial charge in [-0.1, -0.05) is 65.0 Å². The number of carbonyl (C=O) groups is 1. The van der Waals surface area contributed by atoms with Crippen LogP contribution in [0.15, 0.2) is 53.6 Å². The molecule has 1 aromatic rings. The molecule has 0 amide bonds. The largest absolute Gasteiger partial charge is 0.481 e. The number of ether oxygens (including phenoxy) is 1. The normalized spacial score (nSPS) is 41.4. The van der Waals surface area contributed by atoms with Crippen LogP contribution in [-0.2, 0) is 14.6 Å². The van der Waals surface area contributed by atoms with Crippen molar-refractivity contribution in [3.63, 3.8) is 0 Å². The summed E-state index contributed by atoms with van der Waals surface area (Å²) < 4.78 is 30.2.